The number of piperazine rings is 1. The predicted octanol–water partition coefficient (Wildman–Crippen LogP) is 2.63. The monoisotopic (exact) mass is 284 g/mol. The van der Waals surface area contributed by atoms with Gasteiger partial charge < -0.3 is 9.32 Å². The van der Waals surface area contributed by atoms with Gasteiger partial charge in [0.15, 0.2) is 0 Å². The van der Waals surface area contributed by atoms with Crippen LogP contribution in [0.1, 0.15) is 22.8 Å². The number of carbonyl (C=O) groups excluding carboxylic acids is 1. The third-order valence-electron chi connectivity index (χ3n) is 3.99. The van der Waals surface area contributed by atoms with Crippen LogP contribution in [-0.2, 0) is 6.54 Å². The highest BCUT2D eigenvalue weighted by atomic mass is 16.3. The fourth-order valence-electron chi connectivity index (χ4n) is 2.87. The summed E-state index contributed by atoms with van der Waals surface area (Å²) in [6, 6.07) is 12.4. The molecule has 1 aliphatic rings. The number of hydrogen-bond donors (Lipinski definition) is 0. The van der Waals surface area contributed by atoms with Crippen molar-refractivity contribution < 1.29 is 9.21 Å². The van der Waals surface area contributed by atoms with Gasteiger partial charge in [-0.25, -0.2) is 0 Å². The highest BCUT2D eigenvalue weighted by Gasteiger charge is 2.28. The van der Waals surface area contributed by atoms with Gasteiger partial charge >= 0.3 is 0 Å². The van der Waals surface area contributed by atoms with Gasteiger partial charge in [-0.2, -0.15) is 0 Å². The molecule has 1 saturated heterocycles. The Labute approximate surface area is 125 Å². The van der Waals surface area contributed by atoms with Gasteiger partial charge in [-0.3, -0.25) is 9.69 Å². The first kappa shape index (κ1) is 13.9. The van der Waals surface area contributed by atoms with Crippen molar-refractivity contribution in [2.24, 2.45) is 0 Å². The largest absolute Gasteiger partial charge is 0.472 e. The number of benzene rings is 1. The summed E-state index contributed by atoms with van der Waals surface area (Å²) in [4.78, 5) is 16.7. The molecule has 0 radical (unpaired) electrons. The van der Waals surface area contributed by atoms with Gasteiger partial charge in [0.1, 0.15) is 6.26 Å². The number of nitrogens with zero attached hydrogens (tertiary/aromatic N) is 2. The lowest BCUT2D eigenvalue weighted by Crippen LogP contribution is -2.53. The molecular weight excluding hydrogens is 264 g/mol. The van der Waals surface area contributed by atoms with Crippen molar-refractivity contribution in [3.8, 4) is 0 Å². The van der Waals surface area contributed by atoms with Crippen molar-refractivity contribution in [1.29, 1.82) is 0 Å². The van der Waals surface area contributed by atoms with E-state index in [1.165, 1.54) is 11.8 Å². The first-order valence-corrected chi connectivity index (χ1v) is 7.33. The maximum Gasteiger partial charge on any atom is 0.257 e. The number of rotatable bonds is 3. The van der Waals surface area contributed by atoms with Crippen molar-refractivity contribution in [2.45, 2.75) is 19.5 Å². The molecule has 1 aromatic carbocycles. The van der Waals surface area contributed by atoms with Crippen LogP contribution in [0.25, 0.3) is 0 Å². The normalized spacial score (nSPS) is 19.7. The highest BCUT2D eigenvalue weighted by Crippen LogP contribution is 2.16. The standard InChI is InChI=1S/C17H20N2O2/c1-14-11-18(12-15-5-3-2-4-6-15)8-9-19(14)17(20)16-7-10-21-13-16/h2-7,10,13-14H,8-9,11-12H2,1H3. The van der Waals surface area contributed by atoms with Crippen LogP contribution in [0.5, 0.6) is 0 Å². The Morgan fingerprint density at radius 3 is 2.71 bits per heavy atom. The van der Waals surface area contributed by atoms with E-state index in [-0.39, 0.29) is 11.9 Å². The van der Waals surface area contributed by atoms with Crippen molar-refractivity contribution in [2.75, 3.05) is 19.6 Å². The summed E-state index contributed by atoms with van der Waals surface area (Å²) in [6.45, 7) is 5.62. The van der Waals surface area contributed by atoms with E-state index in [1.54, 1.807) is 12.3 Å². The molecule has 1 aromatic heterocycles. The first-order chi connectivity index (χ1) is 10.2. The Balaban J connectivity index is 1.61. The number of carbonyl (C=O) groups is 1. The van der Waals surface area contributed by atoms with Crippen molar-refractivity contribution in [3.05, 3.63) is 60.1 Å². The van der Waals surface area contributed by atoms with Crippen LogP contribution in [0, 0.1) is 0 Å². The van der Waals surface area contributed by atoms with E-state index in [0.717, 1.165) is 26.2 Å². The van der Waals surface area contributed by atoms with Crippen LogP contribution < -0.4 is 0 Å². The summed E-state index contributed by atoms with van der Waals surface area (Å²) in [5.41, 5.74) is 1.96. The maximum atomic E-state index is 12.4. The second-order valence-electron chi connectivity index (χ2n) is 5.58. The van der Waals surface area contributed by atoms with Gasteiger partial charge in [-0.15, -0.1) is 0 Å². The first-order valence-electron chi connectivity index (χ1n) is 7.33. The van der Waals surface area contributed by atoms with E-state index in [4.69, 9.17) is 4.42 Å². The highest BCUT2D eigenvalue weighted by molar-refractivity contribution is 5.94. The lowest BCUT2D eigenvalue weighted by atomic mass is 10.1. The second kappa shape index (κ2) is 6.14. The van der Waals surface area contributed by atoms with E-state index in [9.17, 15) is 4.79 Å². The summed E-state index contributed by atoms with van der Waals surface area (Å²) < 4.78 is 5.00. The zero-order chi connectivity index (χ0) is 14.7. The van der Waals surface area contributed by atoms with E-state index < -0.39 is 0 Å². The molecule has 0 N–H and O–H groups in total. The predicted molar refractivity (Wildman–Crippen MR) is 80.9 cm³/mol. The fourth-order valence-corrected chi connectivity index (χ4v) is 2.87. The Morgan fingerprint density at radius 2 is 2.05 bits per heavy atom. The van der Waals surface area contributed by atoms with Gasteiger partial charge in [0.25, 0.3) is 5.91 Å². The molecule has 1 unspecified atom stereocenters. The summed E-state index contributed by atoms with van der Waals surface area (Å²) in [6.07, 6.45) is 3.06. The Morgan fingerprint density at radius 1 is 1.24 bits per heavy atom. The molecule has 0 bridgehead atoms. The van der Waals surface area contributed by atoms with Crippen LogP contribution in [0.3, 0.4) is 0 Å². The molecule has 3 rings (SSSR count). The summed E-state index contributed by atoms with van der Waals surface area (Å²) >= 11 is 0. The van der Waals surface area contributed by atoms with Crippen LogP contribution >= 0.6 is 0 Å². The molecule has 0 spiro atoms. The SMILES string of the molecule is CC1CN(Cc2ccccc2)CCN1C(=O)c1ccoc1. The summed E-state index contributed by atoms with van der Waals surface area (Å²) in [7, 11) is 0. The lowest BCUT2D eigenvalue weighted by Gasteiger charge is -2.39. The third kappa shape index (κ3) is 3.16. The molecule has 2 aromatic rings. The van der Waals surface area contributed by atoms with E-state index >= 15 is 0 Å². The minimum Gasteiger partial charge on any atom is -0.472 e. The molecule has 2 heterocycles. The molecule has 4 heteroatoms. The smallest absolute Gasteiger partial charge is 0.257 e. The number of amides is 1. The Bertz CT molecular complexity index is 580. The molecule has 1 fully saturated rings. The van der Waals surface area contributed by atoms with Gasteiger partial charge in [0, 0.05) is 32.2 Å². The van der Waals surface area contributed by atoms with Crippen LogP contribution in [-0.4, -0.2) is 41.4 Å². The lowest BCUT2D eigenvalue weighted by molar-refractivity contribution is 0.0475. The molecule has 1 atom stereocenters. The molecule has 1 aliphatic heterocycles. The van der Waals surface area contributed by atoms with Gasteiger partial charge in [0.2, 0.25) is 0 Å². The van der Waals surface area contributed by atoms with Gasteiger partial charge in [-0.05, 0) is 18.6 Å². The zero-order valence-electron chi connectivity index (χ0n) is 12.2. The third-order valence-corrected chi connectivity index (χ3v) is 3.99. The summed E-state index contributed by atoms with van der Waals surface area (Å²) in [5.74, 6) is 0.0654. The molecule has 0 aliphatic carbocycles. The molecule has 1 amide bonds. The quantitative estimate of drug-likeness (QED) is 0.869. The molecule has 110 valence electrons. The fraction of sp³-hybridized carbons (Fsp3) is 0.353. The average Bonchev–Trinajstić information content (AvgIpc) is 3.02. The van der Waals surface area contributed by atoms with Crippen LogP contribution in [0.15, 0.2) is 53.3 Å². The minimum absolute atomic E-state index is 0.0654. The van der Waals surface area contributed by atoms with E-state index in [0.29, 0.717) is 5.56 Å². The Kier molecular flexibility index (Phi) is 4.06. The minimum atomic E-state index is 0.0654. The topological polar surface area (TPSA) is 36.7 Å². The maximum absolute atomic E-state index is 12.4. The van der Waals surface area contributed by atoms with Crippen molar-refractivity contribution >= 4 is 5.91 Å². The number of furan rings is 1. The van der Waals surface area contributed by atoms with Gasteiger partial charge in [0.05, 0.1) is 11.8 Å². The van der Waals surface area contributed by atoms with Gasteiger partial charge in [-0.1, -0.05) is 30.3 Å². The van der Waals surface area contributed by atoms with Crippen molar-refractivity contribution in [3.63, 3.8) is 0 Å². The molecular formula is C17H20N2O2. The average molecular weight is 284 g/mol. The second-order valence-corrected chi connectivity index (χ2v) is 5.58. The molecule has 21 heavy (non-hydrogen) atoms. The van der Waals surface area contributed by atoms with E-state index in [1.807, 2.05) is 11.0 Å². The Hall–Kier alpha value is -2.07. The van der Waals surface area contributed by atoms with Crippen LogP contribution in [0.4, 0.5) is 0 Å². The van der Waals surface area contributed by atoms with Crippen LogP contribution in [0.2, 0.25) is 0 Å². The number of hydrogen-bond acceptors (Lipinski definition) is 3. The molecule has 0 saturated carbocycles. The van der Waals surface area contributed by atoms with Crippen molar-refractivity contribution in [1.82, 2.24) is 9.80 Å². The molecule has 4 nitrogen and oxygen atoms in total. The zero-order valence-corrected chi connectivity index (χ0v) is 12.2. The van der Waals surface area contributed by atoms with E-state index in [2.05, 4.69) is 36.1 Å². The summed E-state index contributed by atoms with van der Waals surface area (Å²) in [5, 5.41) is 0.